The van der Waals surface area contributed by atoms with Gasteiger partial charge in [0.1, 0.15) is 4.32 Å². The smallest absolute Gasteiger partial charge is 0.303 e. The minimum absolute atomic E-state index is 0.00204. The van der Waals surface area contributed by atoms with E-state index in [1.165, 1.54) is 11.8 Å². The lowest BCUT2D eigenvalue weighted by Crippen LogP contribution is -2.29. The summed E-state index contributed by atoms with van der Waals surface area (Å²) in [5.74, 6) is 0.266. The topological polar surface area (TPSA) is 76.1 Å². The van der Waals surface area contributed by atoms with Crippen molar-refractivity contribution in [3.8, 4) is 11.5 Å². The van der Waals surface area contributed by atoms with E-state index in [1.54, 1.807) is 18.1 Å². The van der Waals surface area contributed by atoms with Gasteiger partial charge in [0.2, 0.25) is 0 Å². The fourth-order valence-corrected chi connectivity index (χ4v) is 4.60. The fourth-order valence-electron chi connectivity index (χ4n) is 2.74. The number of carboxylic acid groups (broad SMARTS) is 1. The number of carbonyl (C=O) groups excluding carboxylic acids is 1. The number of methoxy groups -OCH3 is 1. The Hall–Kier alpha value is -1.58. The second-order valence-electron chi connectivity index (χ2n) is 6.74. The monoisotopic (exact) mass is 501 g/mol. The number of benzene rings is 1. The zero-order valence-corrected chi connectivity index (χ0v) is 19.8. The van der Waals surface area contributed by atoms with Gasteiger partial charge >= 0.3 is 5.97 Å². The van der Waals surface area contributed by atoms with Gasteiger partial charge in [-0.1, -0.05) is 30.4 Å². The van der Waals surface area contributed by atoms with Crippen molar-refractivity contribution in [3.05, 3.63) is 27.1 Å². The molecule has 1 heterocycles. The highest BCUT2D eigenvalue weighted by molar-refractivity contribution is 9.10. The molecule has 0 aliphatic carbocycles. The molecule has 0 unspecified atom stereocenters. The van der Waals surface area contributed by atoms with Gasteiger partial charge in [0.15, 0.2) is 11.5 Å². The number of ether oxygens (including phenoxy) is 2. The number of thiocarbonyl (C=S) groups is 1. The third-order valence-electron chi connectivity index (χ3n) is 4.05. The summed E-state index contributed by atoms with van der Waals surface area (Å²) in [6.45, 7) is 4.37. The molecule has 1 fully saturated rings. The van der Waals surface area contributed by atoms with E-state index >= 15 is 0 Å². The third kappa shape index (κ3) is 6.72. The van der Waals surface area contributed by atoms with Crippen LogP contribution in [-0.4, -0.2) is 46.0 Å². The number of unbranched alkanes of at least 4 members (excludes halogenated alkanes) is 2. The first-order chi connectivity index (χ1) is 13.7. The number of rotatable bonds is 10. The van der Waals surface area contributed by atoms with Crippen LogP contribution in [0, 0.1) is 0 Å². The normalized spacial score (nSPS) is 15.5. The first-order valence-corrected chi connectivity index (χ1v) is 11.3. The molecule has 0 radical (unpaired) electrons. The van der Waals surface area contributed by atoms with Crippen molar-refractivity contribution in [2.45, 2.75) is 45.6 Å². The van der Waals surface area contributed by atoms with Crippen molar-refractivity contribution in [2.24, 2.45) is 0 Å². The lowest BCUT2D eigenvalue weighted by atomic mass is 10.1. The van der Waals surface area contributed by atoms with Gasteiger partial charge in [0, 0.05) is 13.0 Å². The minimum Gasteiger partial charge on any atom is -0.493 e. The molecular formula is C20H24BrNO5S2. The lowest BCUT2D eigenvalue weighted by molar-refractivity contribution is -0.137. The number of halogens is 1. The van der Waals surface area contributed by atoms with Crippen LogP contribution >= 0.6 is 39.9 Å². The van der Waals surface area contributed by atoms with Crippen LogP contribution in [0.4, 0.5) is 0 Å². The Labute approximate surface area is 188 Å². The molecule has 0 spiro atoms. The zero-order chi connectivity index (χ0) is 21.6. The highest BCUT2D eigenvalue weighted by atomic mass is 79.9. The Bertz CT molecular complexity index is 825. The van der Waals surface area contributed by atoms with Crippen molar-refractivity contribution < 1.29 is 24.2 Å². The standard InChI is InChI=1S/C20H24BrNO5S2/c1-12(2)27-18-14(21)9-13(10-15(18)26-3)11-16-19(25)22(20(28)29-16)8-6-4-5-7-17(23)24/h9-12H,4-8H2,1-3H3,(H,23,24)/b16-11-. The van der Waals surface area contributed by atoms with Gasteiger partial charge in [0.25, 0.3) is 5.91 Å². The second kappa shape index (κ2) is 11.0. The van der Waals surface area contributed by atoms with Crippen LogP contribution in [0.2, 0.25) is 0 Å². The van der Waals surface area contributed by atoms with Gasteiger partial charge in [-0.3, -0.25) is 14.5 Å². The SMILES string of the molecule is COc1cc(/C=C2\SC(=S)N(CCCCCC(=O)O)C2=O)cc(Br)c1OC(C)C. The van der Waals surface area contributed by atoms with Crippen LogP contribution in [-0.2, 0) is 9.59 Å². The Kier molecular flexibility index (Phi) is 8.98. The maximum atomic E-state index is 12.7. The highest BCUT2D eigenvalue weighted by Crippen LogP contribution is 2.39. The maximum Gasteiger partial charge on any atom is 0.303 e. The predicted molar refractivity (Wildman–Crippen MR) is 122 cm³/mol. The molecule has 9 heteroatoms. The van der Waals surface area contributed by atoms with Crippen molar-refractivity contribution in [1.29, 1.82) is 0 Å². The molecule has 1 aliphatic heterocycles. The lowest BCUT2D eigenvalue weighted by Gasteiger charge is -2.16. The molecule has 0 saturated carbocycles. The molecule has 0 atom stereocenters. The molecule has 1 aliphatic rings. The molecule has 0 aromatic heterocycles. The molecule has 1 aromatic carbocycles. The Morgan fingerprint density at radius 1 is 1.34 bits per heavy atom. The number of amides is 1. The van der Waals surface area contributed by atoms with Crippen molar-refractivity contribution in [1.82, 2.24) is 4.90 Å². The van der Waals surface area contributed by atoms with Crippen molar-refractivity contribution in [3.63, 3.8) is 0 Å². The van der Waals surface area contributed by atoms with E-state index in [1.807, 2.05) is 26.0 Å². The van der Waals surface area contributed by atoms with Gasteiger partial charge in [-0.25, -0.2) is 0 Å². The summed E-state index contributed by atoms with van der Waals surface area (Å²) < 4.78 is 12.5. The number of aliphatic carboxylic acids is 1. The molecular weight excluding hydrogens is 478 g/mol. The first-order valence-electron chi connectivity index (χ1n) is 9.24. The summed E-state index contributed by atoms with van der Waals surface area (Å²) in [4.78, 5) is 25.4. The molecule has 6 nitrogen and oxygen atoms in total. The Morgan fingerprint density at radius 2 is 2.07 bits per heavy atom. The van der Waals surface area contributed by atoms with Crippen LogP contribution in [0.25, 0.3) is 6.08 Å². The van der Waals surface area contributed by atoms with Crippen LogP contribution in [0.5, 0.6) is 11.5 Å². The predicted octanol–water partition coefficient (Wildman–Crippen LogP) is 5.09. The molecule has 2 rings (SSSR count). The average Bonchev–Trinajstić information content (AvgIpc) is 2.90. The molecule has 0 bridgehead atoms. The fraction of sp³-hybridized carbons (Fsp3) is 0.450. The molecule has 158 valence electrons. The third-order valence-corrected chi connectivity index (χ3v) is 6.02. The molecule has 1 N–H and O–H groups in total. The number of carboxylic acids is 1. The summed E-state index contributed by atoms with van der Waals surface area (Å²) in [6, 6.07) is 3.69. The first kappa shape index (κ1) is 23.7. The van der Waals surface area contributed by atoms with E-state index in [4.69, 9.17) is 26.8 Å². The van der Waals surface area contributed by atoms with E-state index in [0.29, 0.717) is 40.1 Å². The average molecular weight is 502 g/mol. The molecule has 1 saturated heterocycles. The number of hydrogen-bond acceptors (Lipinski definition) is 6. The second-order valence-corrected chi connectivity index (χ2v) is 9.27. The minimum atomic E-state index is -0.801. The molecule has 1 aromatic rings. The van der Waals surface area contributed by atoms with Gasteiger partial charge < -0.3 is 14.6 Å². The van der Waals surface area contributed by atoms with Crippen LogP contribution < -0.4 is 9.47 Å². The summed E-state index contributed by atoms with van der Waals surface area (Å²) in [5, 5.41) is 8.68. The van der Waals surface area contributed by atoms with E-state index in [-0.39, 0.29) is 18.4 Å². The Morgan fingerprint density at radius 3 is 2.69 bits per heavy atom. The largest absolute Gasteiger partial charge is 0.493 e. The van der Waals surface area contributed by atoms with Gasteiger partial charge in [0.05, 0.1) is 22.6 Å². The Balaban J connectivity index is 2.10. The molecule has 1 amide bonds. The van der Waals surface area contributed by atoms with Crippen molar-refractivity contribution >= 4 is 62.2 Å². The van der Waals surface area contributed by atoms with E-state index in [2.05, 4.69) is 15.9 Å². The van der Waals surface area contributed by atoms with Gasteiger partial charge in [-0.15, -0.1) is 0 Å². The van der Waals surface area contributed by atoms with Crippen LogP contribution in [0.1, 0.15) is 45.1 Å². The number of thioether (sulfide) groups is 1. The molecule has 29 heavy (non-hydrogen) atoms. The van der Waals surface area contributed by atoms with E-state index in [9.17, 15) is 9.59 Å². The van der Waals surface area contributed by atoms with Crippen LogP contribution in [0.3, 0.4) is 0 Å². The van der Waals surface area contributed by atoms with E-state index < -0.39 is 5.97 Å². The van der Waals surface area contributed by atoms with E-state index in [0.717, 1.165) is 16.5 Å². The summed E-state index contributed by atoms with van der Waals surface area (Å²) in [5.41, 5.74) is 0.798. The quantitative estimate of drug-likeness (QED) is 0.271. The number of hydrogen-bond donors (Lipinski definition) is 1. The van der Waals surface area contributed by atoms with Gasteiger partial charge in [-0.05, 0) is 66.4 Å². The highest BCUT2D eigenvalue weighted by Gasteiger charge is 2.31. The van der Waals surface area contributed by atoms with Crippen LogP contribution in [0.15, 0.2) is 21.5 Å². The summed E-state index contributed by atoms with van der Waals surface area (Å²) in [6.07, 6.45) is 3.98. The van der Waals surface area contributed by atoms with Crippen molar-refractivity contribution in [2.75, 3.05) is 13.7 Å². The zero-order valence-electron chi connectivity index (χ0n) is 16.6. The summed E-state index contributed by atoms with van der Waals surface area (Å²) in [7, 11) is 1.57. The maximum absolute atomic E-state index is 12.7. The number of carbonyl (C=O) groups is 2. The number of nitrogens with zero attached hydrogens (tertiary/aromatic N) is 1. The summed E-state index contributed by atoms with van der Waals surface area (Å²) >= 11 is 10.1. The van der Waals surface area contributed by atoms with Gasteiger partial charge in [-0.2, -0.15) is 0 Å².